The van der Waals surface area contributed by atoms with Crippen LogP contribution >= 0.6 is 0 Å². The molecular weight excluding hydrogens is 309 g/mol. The number of likely N-dealkylation sites (tertiary alicyclic amines) is 1. The fourth-order valence-corrected chi connectivity index (χ4v) is 2.80. The van der Waals surface area contributed by atoms with E-state index in [9.17, 15) is 13.2 Å². The zero-order valence-corrected chi connectivity index (χ0v) is 12.3. The number of anilines is 1. The van der Waals surface area contributed by atoms with Gasteiger partial charge in [-0.15, -0.1) is 0 Å². The molecule has 1 aliphatic heterocycles. The fourth-order valence-electron chi connectivity index (χ4n) is 2.80. The molecule has 0 aromatic carbocycles. The van der Waals surface area contributed by atoms with Crippen LogP contribution in [0.1, 0.15) is 36.1 Å². The molecule has 3 N–H and O–H groups in total. The van der Waals surface area contributed by atoms with Gasteiger partial charge in [0.25, 0.3) is 0 Å². The molecule has 0 aliphatic carbocycles. The van der Waals surface area contributed by atoms with Gasteiger partial charge in [0.15, 0.2) is 0 Å². The third-order valence-corrected chi connectivity index (χ3v) is 3.89. The molecule has 0 bridgehead atoms. The molecule has 0 saturated carbocycles. The minimum absolute atomic E-state index is 0.0547. The highest BCUT2D eigenvalue weighted by molar-refractivity contribution is 5.25. The summed E-state index contributed by atoms with van der Waals surface area (Å²) >= 11 is 0. The van der Waals surface area contributed by atoms with E-state index in [0.29, 0.717) is 30.6 Å². The Morgan fingerprint density at radius 2 is 2.17 bits per heavy atom. The average molecular weight is 326 g/mol. The molecule has 1 fully saturated rings. The molecule has 1 aliphatic rings. The molecule has 0 unspecified atom stereocenters. The summed E-state index contributed by atoms with van der Waals surface area (Å²) in [6.07, 6.45) is -0.250. The average Bonchev–Trinajstić information content (AvgIpc) is 2.97. The number of imidazole rings is 1. The zero-order valence-electron chi connectivity index (χ0n) is 12.3. The van der Waals surface area contributed by atoms with Gasteiger partial charge >= 0.3 is 6.18 Å². The second-order valence-electron chi connectivity index (χ2n) is 5.65. The van der Waals surface area contributed by atoms with Gasteiger partial charge in [0.2, 0.25) is 0 Å². The van der Waals surface area contributed by atoms with E-state index in [1.807, 2.05) is 0 Å². The van der Waals surface area contributed by atoms with E-state index in [-0.39, 0.29) is 5.92 Å². The SMILES string of the molecule is Nc1ccnc(CN2CCC[C@H](c3ncc(C(F)(F)F)[nH]3)C2)n1. The van der Waals surface area contributed by atoms with Crippen molar-refractivity contribution < 1.29 is 13.2 Å². The predicted octanol–water partition coefficient (Wildman–Crippen LogP) is 2.18. The Balaban J connectivity index is 1.67. The lowest BCUT2D eigenvalue weighted by Crippen LogP contribution is -2.34. The van der Waals surface area contributed by atoms with Crippen LogP contribution in [0.3, 0.4) is 0 Å². The summed E-state index contributed by atoms with van der Waals surface area (Å²) < 4.78 is 38.0. The number of nitrogen functional groups attached to an aromatic ring is 1. The lowest BCUT2D eigenvalue weighted by Gasteiger charge is -2.31. The van der Waals surface area contributed by atoms with E-state index in [1.54, 1.807) is 12.3 Å². The molecule has 3 rings (SSSR count). The number of rotatable bonds is 3. The first kappa shape index (κ1) is 15.7. The highest BCUT2D eigenvalue weighted by Crippen LogP contribution is 2.31. The van der Waals surface area contributed by atoms with Gasteiger partial charge in [-0.25, -0.2) is 15.0 Å². The summed E-state index contributed by atoms with van der Waals surface area (Å²) in [5.74, 6) is 1.35. The minimum Gasteiger partial charge on any atom is -0.384 e. The molecular formula is C14H17F3N6. The van der Waals surface area contributed by atoms with Crippen LogP contribution in [0.25, 0.3) is 0 Å². The molecule has 124 valence electrons. The molecule has 2 aromatic rings. The van der Waals surface area contributed by atoms with Crippen molar-refractivity contribution in [2.75, 3.05) is 18.8 Å². The van der Waals surface area contributed by atoms with Crippen LogP contribution in [-0.2, 0) is 12.7 Å². The number of H-pyrrole nitrogens is 1. The topological polar surface area (TPSA) is 83.7 Å². The van der Waals surface area contributed by atoms with Gasteiger partial charge in [0.05, 0.1) is 12.7 Å². The Hall–Kier alpha value is -2.16. The second-order valence-corrected chi connectivity index (χ2v) is 5.65. The van der Waals surface area contributed by atoms with Crippen LogP contribution in [-0.4, -0.2) is 37.9 Å². The molecule has 1 saturated heterocycles. The Morgan fingerprint density at radius 1 is 1.35 bits per heavy atom. The maximum atomic E-state index is 12.7. The molecule has 1 atom stereocenters. The van der Waals surface area contributed by atoms with Gasteiger partial charge < -0.3 is 10.7 Å². The van der Waals surface area contributed by atoms with Gasteiger partial charge in [0, 0.05) is 18.7 Å². The largest absolute Gasteiger partial charge is 0.432 e. The molecule has 23 heavy (non-hydrogen) atoms. The smallest absolute Gasteiger partial charge is 0.384 e. The van der Waals surface area contributed by atoms with Crippen LogP contribution in [0.15, 0.2) is 18.5 Å². The number of nitrogens with zero attached hydrogens (tertiary/aromatic N) is 4. The van der Waals surface area contributed by atoms with E-state index in [2.05, 4.69) is 24.8 Å². The van der Waals surface area contributed by atoms with Gasteiger partial charge in [-0.05, 0) is 25.5 Å². The highest BCUT2D eigenvalue weighted by Gasteiger charge is 2.34. The van der Waals surface area contributed by atoms with Gasteiger partial charge in [-0.3, -0.25) is 4.90 Å². The number of aromatic amines is 1. The summed E-state index contributed by atoms with van der Waals surface area (Å²) in [5, 5.41) is 0. The fraction of sp³-hybridized carbons (Fsp3) is 0.500. The molecule has 9 heteroatoms. The number of hydrogen-bond donors (Lipinski definition) is 2. The quantitative estimate of drug-likeness (QED) is 0.903. The molecule has 0 amide bonds. The van der Waals surface area contributed by atoms with Crippen LogP contribution in [0, 0.1) is 0 Å². The molecule has 0 spiro atoms. The van der Waals surface area contributed by atoms with Crippen LogP contribution in [0.5, 0.6) is 0 Å². The van der Waals surface area contributed by atoms with Crippen molar-refractivity contribution in [3.05, 3.63) is 35.8 Å². The van der Waals surface area contributed by atoms with Crippen molar-refractivity contribution in [1.82, 2.24) is 24.8 Å². The van der Waals surface area contributed by atoms with Crippen LogP contribution in [0.2, 0.25) is 0 Å². The Morgan fingerprint density at radius 3 is 2.87 bits per heavy atom. The van der Waals surface area contributed by atoms with Crippen molar-refractivity contribution in [3.63, 3.8) is 0 Å². The summed E-state index contributed by atoms with van der Waals surface area (Å²) in [4.78, 5) is 16.7. The predicted molar refractivity (Wildman–Crippen MR) is 77.3 cm³/mol. The Labute approximate surface area is 131 Å². The number of hydrogen-bond acceptors (Lipinski definition) is 5. The summed E-state index contributed by atoms with van der Waals surface area (Å²) in [6.45, 7) is 1.98. The molecule has 6 nitrogen and oxygen atoms in total. The second kappa shape index (κ2) is 6.15. The first-order valence-corrected chi connectivity index (χ1v) is 7.33. The highest BCUT2D eigenvalue weighted by atomic mass is 19.4. The summed E-state index contributed by atoms with van der Waals surface area (Å²) in [5.41, 5.74) is 4.83. The van der Waals surface area contributed by atoms with Crippen molar-refractivity contribution >= 4 is 5.82 Å². The Bertz CT molecular complexity index is 669. The van der Waals surface area contributed by atoms with Gasteiger partial charge in [-0.2, -0.15) is 13.2 Å². The maximum Gasteiger partial charge on any atom is 0.432 e. The van der Waals surface area contributed by atoms with Crippen molar-refractivity contribution in [1.29, 1.82) is 0 Å². The first-order chi connectivity index (χ1) is 10.9. The van der Waals surface area contributed by atoms with Crippen molar-refractivity contribution in [3.8, 4) is 0 Å². The van der Waals surface area contributed by atoms with E-state index < -0.39 is 11.9 Å². The minimum atomic E-state index is -4.39. The number of nitrogens with one attached hydrogen (secondary N) is 1. The molecule has 0 radical (unpaired) electrons. The third-order valence-electron chi connectivity index (χ3n) is 3.89. The van der Waals surface area contributed by atoms with E-state index in [1.165, 1.54) is 0 Å². The number of piperidine rings is 1. The maximum absolute atomic E-state index is 12.7. The lowest BCUT2D eigenvalue weighted by molar-refractivity contribution is -0.141. The number of nitrogens with two attached hydrogens (primary N) is 1. The van der Waals surface area contributed by atoms with Crippen molar-refractivity contribution in [2.45, 2.75) is 31.5 Å². The van der Waals surface area contributed by atoms with Crippen molar-refractivity contribution in [2.24, 2.45) is 0 Å². The molecule has 2 aromatic heterocycles. The lowest BCUT2D eigenvalue weighted by atomic mass is 9.97. The van der Waals surface area contributed by atoms with E-state index in [4.69, 9.17) is 5.73 Å². The van der Waals surface area contributed by atoms with Crippen LogP contribution < -0.4 is 5.73 Å². The monoisotopic (exact) mass is 326 g/mol. The van der Waals surface area contributed by atoms with E-state index in [0.717, 1.165) is 25.6 Å². The number of aromatic nitrogens is 4. The summed E-state index contributed by atoms with van der Waals surface area (Å²) in [7, 11) is 0. The standard InChI is InChI=1S/C14H17F3N6/c15-14(16,17)10-6-20-13(21-10)9-2-1-5-23(7-9)8-12-19-4-3-11(18)22-12/h3-4,6,9H,1-2,5,7-8H2,(H,20,21)(H2,18,19,22)/t9-/m0/s1. The first-order valence-electron chi connectivity index (χ1n) is 7.33. The van der Waals surface area contributed by atoms with Gasteiger partial charge in [-0.1, -0.05) is 0 Å². The number of alkyl halides is 3. The summed E-state index contributed by atoms with van der Waals surface area (Å²) in [6, 6.07) is 1.62. The zero-order chi connectivity index (χ0) is 16.4. The normalized spacial score (nSPS) is 19.9. The van der Waals surface area contributed by atoms with E-state index >= 15 is 0 Å². The molecule has 3 heterocycles. The third kappa shape index (κ3) is 3.79. The Kier molecular flexibility index (Phi) is 4.20. The number of halogens is 3. The van der Waals surface area contributed by atoms with Gasteiger partial charge in [0.1, 0.15) is 23.2 Å². The van der Waals surface area contributed by atoms with Crippen LogP contribution in [0.4, 0.5) is 19.0 Å².